The molecular formula is C18H20N4O2S. The van der Waals surface area contributed by atoms with E-state index in [1.807, 2.05) is 30.3 Å². The normalized spacial score (nSPS) is 25.1. The van der Waals surface area contributed by atoms with Gasteiger partial charge >= 0.3 is 0 Å². The summed E-state index contributed by atoms with van der Waals surface area (Å²) in [5.41, 5.74) is 12.7. The van der Waals surface area contributed by atoms with Crippen LogP contribution in [0.2, 0.25) is 0 Å². The second-order valence-corrected chi connectivity index (χ2v) is 7.79. The third-order valence-corrected chi connectivity index (χ3v) is 6.26. The Kier molecular flexibility index (Phi) is 3.95. The summed E-state index contributed by atoms with van der Waals surface area (Å²) >= 11 is 1.29. The minimum Gasteiger partial charge on any atom is -0.375 e. The fourth-order valence-electron chi connectivity index (χ4n) is 4.28. The predicted molar refractivity (Wildman–Crippen MR) is 96.8 cm³/mol. The molecule has 2 heterocycles. The van der Waals surface area contributed by atoms with Gasteiger partial charge in [0, 0.05) is 6.54 Å². The number of thiazole rings is 1. The molecule has 1 aliphatic carbocycles. The van der Waals surface area contributed by atoms with Gasteiger partial charge in [0.1, 0.15) is 11.7 Å². The first-order valence-electron chi connectivity index (χ1n) is 8.48. The van der Waals surface area contributed by atoms with Crippen LogP contribution >= 0.6 is 11.3 Å². The summed E-state index contributed by atoms with van der Waals surface area (Å²) in [6.45, 7) is 0.572. The van der Waals surface area contributed by atoms with Crippen LogP contribution in [0, 0.1) is 11.8 Å². The smallest absolute Gasteiger partial charge is 0.274 e. The second kappa shape index (κ2) is 6.15. The van der Waals surface area contributed by atoms with Crippen molar-refractivity contribution < 1.29 is 9.59 Å². The Morgan fingerprint density at radius 1 is 1.20 bits per heavy atom. The number of nitrogens with two attached hydrogens (primary N) is 2. The van der Waals surface area contributed by atoms with Gasteiger partial charge in [-0.2, -0.15) is 0 Å². The number of carbonyl (C=O) groups is 2. The van der Waals surface area contributed by atoms with Crippen molar-refractivity contribution >= 4 is 28.3 Å². The Hall–Kier alpha value is -2.41. The summed E-state index contributed by atoms with van der Waals surface area (Å²) in [4.78, 5) is 31.9. The van der Waals surface area contributed by atoms with Gasteiger partial charge in [-0.3, -0.25) is 9.59 Å². The quantitative estimate of drug-likeness (QED) is 0.879. The standard InChI is InChI=1S/C18H20N4O2S/c19-16(23)14-12-8-4-7-11(12)9-22(14)17(24)13-15(25-18(20)21-13)10-5-2-1-3-6-10/h1-3,5-6,11-12,14H,4,7-9H2,(H2,19,23)(H2,20,21)/t11-,12-,14-/m0/s1. The van der Waals surface area contributed by atoms with Gasteiger partial charge in [-0.1, -0.05) is 48.1 Å². The second-order valence-electron chi connectivity index (χ2n) is 6.76. The molecule has 0 bridgehead atoms. The zero-order chi connectivity index (χ0) is 17.6. The van der Waals surface area contributed by atoms with Crippen molar-refractivity contribution in [2.75, 3.05) is 12.3 Å². The number of hydrogen-bond acceptors (Lipinski definition) is 5. The van der Waals surface area contributed by atoms with Crippen LogP contribution in [-0.2, 0) is 4.79 Å². The number of rotatable bonds is 3. The van der Waals surface area contributed by atoms with Crippen molar-refractivity contribution in [3.63, 3.8) is 0 Å². The largest absolute Gasteiger partial charge is 0.375 e. The van der Waals surface area contributed by atoms with Gasteiger partial charge in [-0.05, 0) is 30.2 Å². The summed E-state index contributed by atoms with van der Waals surface area (Å²) in [6.07, 6.45) is 3.09. The predicted octanol–water partition coefficient (Wildman–Crippen LogP) is 2.12. The lowest BCUT2D eigenvalue weighted by Crippen LogP contribution is -2.46. The molecule has 4 N–H and O–H groups in total. The Labute approximate surface area is 149 Å². The number of nitrogen functional groups attached to an aromatic ring is 1. The Balaban J connectivity index is 1.71. The lowest BCUT2D eigenvalue weighted by molar-refractivity contribution is -0.122. The summed E-state index contributed by atoms with van der Waals surface area (Å²) in [7, 11) is 0. The van der Waals surface area contributed by atoms with Crippen molar-refractivity contribution in [1.29, 1.82) is 0 Å². The molecule has 25 heavy (non-hydrogen) atoms. The minimum atomic E-state index is -0.536. The molecule has 2 amide bonds. The molecule has 4 rings (SSSR count). The molecule has 3 atom stereocenters. The van der Waals surface area contributed by atoms with Crippen LogP contribution in [0.4, 0.5) is 5.13 Å². The fraction of sp³-hybridized carbons (Fsp3) is 0.389. The number of hydrogen-bond donors (Lipinski definition) is 2. The summed E-state index contributed by atoms with van der Waals surface area (Å²) in [6, 6.07) is 9.05. The monoisotopic (exact) mass is 356 g/mol. The van der Waals surface area contributed by atoms with E-state index in [-0.39, 0.29) is 11.8 Å². The van der Waals surface area contributed by atoms with E-state index in [1.54, 1.807) is 4.90 Å². The zero-order valence-corrected chi connectivity index (χ0v) is 14.5. The first-order valence-corrected chi connectivity index (χ1v) is 9.30. The van der Waals surface area contributed by atoms with E-state index in [4.69, 9.17) is 11.5 Å². The topological polar surface area (TPSA) is 102 Å². The number of carbonyl (C=O) groups excluding carboxylic acids is 2. The molecule has 1 aliphatic heterocycles. The first kappa shape index (κ1) is 16.1. The maximum atomic E-state index is 13.2. The molecule has 1 aromatic heterocycles. The SMILES string of the molecule is NC(=O)[C@@H]1[C@H]2CCC[C@H]2CN1C(=O)c1nc(N)sc1-c1ccccc1. The van der Waals surface area contributed by atoms with Gasteiger partial charge in [-0.15, -0.1) is 0 Å². The van der Waals surface area contributed by atoms with E-state index in [0.29, 0.717) is 23.3 Å². The van der Waals surface area contributed by atoms with Crippen molar-refractivity contribution in [2.24, 2.45) is 17.6 Å². The molecule has 1 saturated heterocycles. The number of benzene rings is 1. The fourth-order valence-corrected chi connectivity index (χ4v) is 5.11. The van der Waals surface area contributed by atoms with Crippen LogP contribution < -0.4 is 11.5 Å². The molecule has 2 aromatic rings. The third-order valence-electron chi connectivity index (χ3n) is 5.33. The number of fused-ring (bicyclic) bond motifs is 1. The van der Waals surface area contributed by atoms with Gasteiger partial charge in [0.25, 0.3) is 5.91 Å². The summed E-state index contributed by atoms with van der Waals surface area (Å²) in [5, 5.41) is 0.345. The van der Waals surface area contributed by atoms with Crippen LogP contribution in [-0.4, -0.2) is 34.3 Å². The molecule has 2 fully saturated rings. The van der Waals surface area contributed by atoms with Crippen LogP contribution in [0.15, 0.2) is 30.3 Å². The highest BCUT2D eigenvalue weighted by molar-refractivity contribution is 7.19. The molecule has 1 aromatic carbocycles. The van der Waals surface area contributed by atoms with E-state index in [0.717, 1.165) is 29.7 Å². The number of nitrogens with zero attached hydrogens (tertiary/aromatic N) is 2. The minimum absolute atomic E-state index is 0.178. The Morgan fingerprint density at radius 2 is 1.96 bits per heavy atom. The number of anilines is 1. The molecule has 6 nitrogen and oxygen atoms in total. The number of aromatic nitrogens is 1. The van der Waals surface area contributed by atoms with E-state index in [2.05, 4.69) is 4.98 Å². The van der Waals surface area contributed by atoms with E-state index in [1.165, 1.54) is 11.3 Å². The molecule has 0 unspecified atom stereocenters. The number of likely N-dealkylation sites (tertiary alicyclic amines) is 1. The van der Waals surface area contributed by atoms with Crippen LogP contribution in [0.5, 0.6) is 0 Å². The zero-order valence-electron chi connectivity index (χ0n) is 13.7. The lowest BCUT2D eigenvalue weighted by atomic mass is 9.93. The van der Waals surface area contributed by atoms with Crippen LogP contribution in [0.25, 0.3) is 10.4 Å². The van der Waals surface area contributed by atoms with Gasteiger partial charge in [-0.25, -0.2) is 4.98 Å². The molecule has 0 spiro atoms. The lowest BCUT2D eigenvalue weighted by Gasteiger charge is -2.24. The highest BCUT2D eigenvalue weighted by atomic mass is 32.1. The van der Waals surface area contributed by atoms with Gasteiger partial charge in [0.15, 0.2) is 5.13 Å². The summed E-state index contributed by atoms with van der Waals surface area (Å²) < 4.78 is 0. The maximum absolute atomic E-state index is 13.2. The highest BCUT2D eigenvalue weighted by Crippen LogP contribution is 2.43. The van der Waals surface area contributed by atoms with Crippen molar-refractivity contribution in [3.05, 3.63) is 36.0 Å². The third kappa shape index (κ3) is 2.68. The molecule has 1 saturated carbocycles. The average molecular weight is 356 g/mol. The summed E-state index contributed by atoms with van der Waals surface area (Å²) in [5.74, 6) is -0.132. The number of amides is 2. The number of primary amides is 1. The average Bonchev–Trinajstić information content (AvgIpc) is 3.28. The van der Waals surface area contributed by atoms with Gasteiger partial charge < -0.3 is 16.4 Å². The molecule has 7 heteroatoms. The van der Waals surface area contributed by atoms with E-state index in [9.17, 15) is 9.59 Å². The van der Waals surface area contributed by atoms with Gasteiger partial charge in [0.2, 0.25) is 5.91 Å². The molecule has 2 aliphatic rings. The van der Waals surface area contributed by atoms with Crippen molar-refractivity contribution in [1.82, 2.24) is 9.88 Å². The van der Waals surface area contributed by atoms with Crippen molar-refractivity contribution in [2.45, 2.75) is 25.3 Å². The maximum Gasteiger partial charge on any atom is 0.274 e. The first-order chi connectivity index (χ1) is 12.1. The molecule has 130 valence electrons. The van der Waals surface area contributed by atoms with Crippen LogP contribution in [0.1, 0.15) is 29.8 Å². The molecular weight excluding hydrogens is 336 g/mol. The van der Waals surface area contributed by atoms with E-state index >= 15 is 0 Å². The van der Waals surface area contributed by atoms with Gasteiger partial charge in [0.05, 0.1) is 4.88 Å². The Bertz CT molecular complexity index is 820. The molecule has 0 radical (unpaired) electrons. The van der Waals surface area contributed by atoms with Crippen LogP contribution in [0.3, 0.4) is 0 Å². The van der Waals surface area contributed by atoms with E-state index < -0.39 is 11.9 Å². The highest BCUT2D eigenvalue weighted by Gasteiger charge is 2.49. The Morgan fingerprint density at radius 3 is 2.68 bits per heavy atom. The van der Waals surface area contributed by atoms with Crippen molar-refractivity contribution in [3.8, 4) is 10.4 Å².